The van der Waals surface area contributed by atoms with Crippen molar-refractivity contribution in [3.05, 3.63) is 53.1 Å². The van der Waals surface area contributed by atoms with Crippen LogP contribution in [0.1, 0.15) is 29.5 Å². The second-order valence-corrected chi connectivity index (χ2v) is 10.8. The zero-order chi connectivity index (χ0) is 26.1. The Hall–Kier alpha value is -2.46. The first-order chi connectivity index (χ1) is 17.3. The van der Waals surface area contributed by atoms with E-state index in [-0.39, 0.29) is 12.5 Å². The Balaban J connectivity index is 1.38. The van der Waals surface area contributed by atoms with Crippen molar-refractivity contribution in [3.8, 4) is 11.5 Å². The van der Waals surface area contributed by atoms with Gasteiger partial charge in [-0.1, -0.05) is 12.1 Å². The number of ether oxygens (including phenoxy) is 3. The van der Waals surface area contributed by atoms with Gasteiger partial charge in [0.15, 0.2) is 0 Å². The number of nitrogens with zero attached hydrogens (tertiary/aromatic N) is 2. The fourth-order valence-electron chi connectivity index (χ4n) is 4.15. The SMILES string of the molecule is COc1cc(C)c(S(=O)N(C)CCOCC(=O)N(C)Cc2ccc(OCC3CCCN3)cc2)c(C)c1. The first-order valence-electron chi connectivity index (χ1n) is 12.3. The van der Waals surface area contributed by atoms with Crippen molar-refractivity contribution in [3.63, 3.8) is 0 Å². The number of hydrogen-bond donors (Lipinski definition) is 1. The topological polar surface area (TPSA) is 80.3 Å². The lowest BCUT2D eigenvalue weighted by Crippen LogP contribution is -2.32. The van der Waals surface area contributed by atoms with Gasteiger partial charge in [0.1, 0.15) is 35.7 Å². The molecule has 1 amide bonds. The molecule has 0 aliphatic carbocycles. The van der Waals surface area contributed by atoms with E-state index in [9.17, 15) is 9.00 Å². The van der Waals surface area contributed by atoms with Crippen LogP contribution >= 0.6 is 0 Å². The summed E-state index contributed by atoms with van der Waals surface area (Å²) in [5, 5.41) is 3.42. The van der Waals surface area contributed by atoms with Crippen molar-refractivity contribution in [2.45, 2.75) is 44.2 Å². The van der Waals surface area contributed by atoms with Gasteiger partial charge in [-0.25, -0.2) is 8.51 Å². The van der Waals surface area contributed by atoms with Crippen LogP contribution in [0.2, 0.25) is 0 Å². The normalized spacial score (nSPS) is 16.2. The second kappa shape index (κ2) is 13.7. The number of benzene rings is 2. The van der Waals surface area contributed by atoms with Gasteiger partial charge >= 0.3 is 0 Å². The van der Waals surface area contributed by atoms with Gasteiger partial charge in [-0.15, -0.1) is 0 Å². The summed E-state index contributed by atoms with van der Waals surface area (Å²) in [6.07, 6.45) is 2.36. The van der Waals surface area contributed by atoms with Crippen molar-refractivity contribution >= 4 is 16.9 Å². The summed E-state index contributed by atoms with van der Waals surface area (Å²) >= 11 is 0. The molecule has 2 aromatic carbocycles. The summed E-state index contributed by atoms with van der Waals surface area (Å²) in [7, 11) is 3.84. The minimum Gasteiger partial charge on any atom is -0.497 e. The second-order valence-electron chi connectivity index (χ2n) is 9.24. The quantitative estimate of drug-likeness (QED) is 0.412. The van der Waals surface area contributed by atoms with Gasteiger partial charge in [-0.05, 0) is 74.2 Å². The van der Waals surface area contributed by atoms with Gasteiger partial charge < -0.3 is 24.4 Å². The van der Waals surface area contributed by atoms with Crippen molar-refractivity contribution in [1.29, 1.82) is 0 Å². The lowest BCUT2D eigenvalue weighted by molar-refractivity contribution is -0.135. The summed E-state index contributed by atoms with van der Waals surface area (Å²) < 4.78 is 31.5. The average molecular weight is 518 g/mol. The molecule has 1 saturated heterocycles. The van der Waals surface area contributed by atoms with Gasteiger partial charge in [0.25, 0.3) is 0 Å². The lowest BCUT2D eigenvalue weighted by atomic mass is 10.1. The van der Waals surface area contributed by atoms with Crippen molar-refractivity contribution in [2.24, 2.45) is 0 Å². The summed E-state index contributed by atoms with van der Waals surface area (Å²) in [6.45, 7) is 6.81. The van der Waals surface area contributed by atoms with Crippen LogP contribution in [0.3, 0.4) is 0 Å². The molecule has 0 saturated carbocycles. The van der Waals surface area contributed by atoms with E-state index in [0.717, 1.165) is 46.1 Å². The van der Waals surface area contributed by atoms with Gasteiger partial charge in [0, 0.05) is 33.2 Å². The standard InChI is InChI=1S/C27H39N3O5S/c1-20-15-25(33-5)16-21(2)27(20)36(32)30(4)13-14-34-19-26(31)29(3)17-22-8-10-24(11-9-22)35-18-23-7-6-12-28-23/h8-11,15-16,23,28H,6-7,12-14,17-19H2,1-5H3. The molecule has 2 aromatic rings. The number of carbonyl (C=O) groups is 1. The largest absolute Gasteiger partial charge is 0.497 e. The maximum absolute atomic E-state index is 13.0. The van der Waals surface area contributed by atoms with Crippen molar-refractivity contribution in [2.75, 3.05) is 54.1 Å². The van der Waals surface area contributed by atoms with Crippen LogP contribution in [0.5, 0.6) is 11.5 Å². The zero-order valence-electron chi connectivity index (χ0n) is 22.0. The molecule has 1 heterocycles. The molecule has 198 valence electrons. The van der Waals surface area contributed by atoms with Gasteiger partial charge in [-0.3, -0.25) is 4.79 Å². The smallest absolute Gasteiger partial charge is 0.248 e. The first kappa shape index (κ1) is 28.1. The number of carbonyl (C=O) groups excluding carboxylic acids is 1. The Labute approximate surface area is 217 Å². The molecule has 1 fully saturated rings. The number of hydrogen-bond acceptors (Lipinski definition) is 6. The molecular formula is C27H39N3O5S. The maximum Gasteiger partial charge on any atom is 0.248 e. The third-order valence-corrected chi connectivity index (χ3v) is 8.03. The van der Waals surface area contributed by atoms with E-state index in [2.05, 4.69) is 5.32 Å². The van der Waals surface area contributed by atoms with E-state index in [1.165, 1.54) is 6.42 Å². The van der Waals surface area contributed by atoms with Crippen LogP contribution in [0.25, 0.3) is 0 Å². The molecule has 1 aliphatic rings. The lowest BCUT2D eigenvalue weighted by Gasteiger charge is -2.20. The summed E-state index contributed by atoms with van der Waals surface area (Å²) in [4.78, 5) is 14.9. The predicted octanol–water partition coefficient (Wildman–Crippen LogP) is 3.07. The van der Waals surface area contributed by atoms with E-state index >= 15 is 0 Å². The van der Waals surface area contributed by atoms with Crippen LogP contribution in [-0.4, -0.2) is 79.5 Å². The number of aryl methyl sites for hydroxylation is 2. The van der Waals surface area contributed by atoms with Crippen LogP contribution in [0.15, 0.2) is 41.3 Å². The highest BCUT2D eigenvalue weighted by atomic mass is 32.2. The van der Waals surface area contributed by atoms with Crippen LogP contribution in [-0.2, 0) is 27.1 Å². The zero-order valence-corrected chi connectivity index (χ0v) is 22.9. The van der Waals surface area contributed by atoms with Crippen LogP contribution < -0.4 is 14.8 Å². The number of rotatable bonds is 13. The molecule has 1 aliphatic heterocycles. The van der Waals surface area contributed by atoms with E-state index in [0.29, 0.717) is 32.3 Å². The fourth-order valence-corrected chi connectivity index (χ4v) is 5.38. The molecule has 0 aromatic heterocycles. The summed E-state index contributed by atoms with van der Waals surface area (Å²) in [5.74, 6) is 1.49. The maximum atomic E-state index is 13.0. The number of nitrogens with one attached hydrogen (secondary N) is 1. The van der Waals surface area contributed by atoms with E-state index in [4.69, 9.17) is 14.2 Å². The molecule has 2 unspecified atom stereocenters. The van der Waals surface area contributed by atoms with Crippen molar-refractivity contribution < 1.29 is 23.2 Å². The number of amides is 1. The van der Waals surface area contributed by atoms with Gasteiger partial charge in [-0.2, -0.15) is 0 Å². The fraction of sp³-hybridized carbons (Fsp3) is 0.519. The van der Waals surface area contributed by atoms with E-state index < -0.39 is 11.0 Å². The third-order valence-electron chi connectivity index (χ3n) is 6.29. The minimum absolute atomic E-state index is 0.0207. The third kappa shape index (κ3) is 8.03. The molecule has 2 atom stereocenters. The Morgan fingerprint density at radius 3 is 2.42 bits per heavy atom. The Morgan fingerprint density at radius 1 is 1.11 bits per heavy atom. The molecule has 8 nitrogen and oxygen atoms in total. The van der Waals surface area contributed by atoms with Gasteiger partial charge in [0.05, 0.1) is 18.6 Å². The monoisotopic (exact) mass is 517 g/mol. The molecule has 3 rings (SSSR count). The van der Waals surface area contributed by atoms with Crippen LogP contribution in [0, 0.1) is 13.8 Å². The Morgan fingerprint density at radius 2 is 1.81 bits per heavy atom. The first-order valence-corrected chi connectivity index (χ1v) is 13.4. The van der Waals surface area contributed by atoms with Crippen molar-refractivity contribution in [1.82, 2.24) is 14.5 Å². The highest BCUT2D eigenvalue weighted by molar-refractivity contribution is 7.82. The molecule has 0 bridgehead atoms. The number of likely N-dealkylation sites (N-methyl/N-ethyl adjacent to an activating group) is 2. The average Bonchev–Trinajstić information content (AvgIpc) is 3.39. The van der Waals surface area contributed by atoms with E-state index in [1.54, 1.807) is 30.4 Å². The highest BCUT2D eigenvalue weighted by Crippen LogP contribution is 2.25. The Bertz CT molecular complexity index is 1000. The molecule has 36 heavy (non-hydrogen) atoms. The molecule has 0 spiro atoms. The van der Waals surface area contributed by atoms with Crippen LogP contribution in [0.4, 0.5) is 0 Å². The summed E-state index contributed by atoms with van der Waals surface area (Å²) in [6, 6.07) is 12.1. The Kier molecular flexibility index (Phi) is 10.7. The minimum atomic E-state index is -1.33. The molecular weight excluding hydrogens is 478 g/mol. The predicted molar refractivity (Wildman–Crippen MR) is 142 cm³/mol. The molecule has 9 heteroatoms. The summed E-state index contributed by atoms with van der Waals surface area (Å²) in [5.41, 5.74) is 2.86. The number of methoxy groups -OCH3 is 1. The molecule has 1 N–H and O–H groups in total. The van der Waals surface area contributed by atoms with Gasteiger partial charge in [0.2, 0.25) is 5.91 Å². The molecule has 0 radical (unpaired) electrons. The van der Waals surface area contributed by atoms with E-state index in [1.807, 2.05) is 50.2 Å². The highest BCUT2D eigenvalue weighted by Gasteiger charge is 2.18.